The van der Waals surface area contributed by atoms with E-state index in [1.165, 1.54) is 0 Å². The monoisotopic (exact) mass is 300 g/mol. The lowest BCUT2D eigenvalue weighted by atomic mass is 10.1. The van der Waals surface area contributed by atoms with Crippen LogP contribution in [0.3, 0.4) is 0 Å². The summed E-state index contributed by atoms with van der Waals surface area (Å²) in [6, 6.07) is 17.0. The first kappa shape index (κ1) is 16.0. The van der Waals surface area contributed by atoms with Gasteiger partial charge in [-0.1, -0.05) is 48.5 Å². The molecular weight excluding hydrogens is 280 g/mol. The highest BCUT2D eigenvalue weighted by molar-refractivity contribution is 5.70. The van der Waals surface area contributed by atoms with Gasteiger partial charge in [-0.2, -0.15) is 0 Å². The van der Waals surface area contributed by atoms with Crippen molar-refractivity contribution in [1.82, 2.24) is 0 Å². The van der Waals surface area contributed by atoms with E-state index in [0.29, 0.717) is 24.5 Å². The Morgan fingerprint density at radius 3 is 2.50 bits per heavy atom. The van der Waals surface area contributed by atoms with Crippen LogP contribution in [0.25, 0.3) is 0 Å². The van der Waals surface area contributed by atoms with Gasteiger partial charge in [0.1, 0.15) is 12.4 Å². The molecular formula is C18H20O4. The molecule has 0 saturated carbocycles. The van der Waals surface area contributed by atoms with Crippen molar-refractivity contribution < 1.29 is 19.4 Å². The highest BCUT2D eigenvalue weighted by Gasteiger charge is 2.17. The lowest BCUT2D eigenvalue weighted by molar-refractivity contribution is -0.145. The Balaban J connectivity index is 2.04. The summed E-state index contributed by atoms with van der Waals surface area (Å²) in [6.45, 7) is 2.45. The van der Waals surface area contributed by atoms with Gasteiger partial charge in [0.25, 0.3) is 0 Å². The minimum absolute atomic E-state index is 0.0838. The van der Waals surface area contributed by atoms with E-state index in [2.05, 4.69) is 0 Å². The van der Waals surface area contributed by atoms with E-state index >= 15 is 0 Å². The normalized spacial score (nSPS) is 11.7. The standard InChI is InChI=1S/C18H20O4/c1-2-21-18(20)12-16(19)15-10-6-7-11-17(15)22-13-14-8-4-3-5-9-14/h3-11,16,19H,2,12-13H2,1H3. The van der Waals surface area contributed by atoms with E-state index in [9.17, 15) is 9.90 Å². The lowest BCUT2D eigenvalue weighted by Gasteiger charge is -2.15. The summed E-state index contributed by atoms with van der Waals surface area (Å²) in [5.41, 5.74) is 1.63. The van der Waals surface area contributed by atoms with E-state index in [1.54, 1.807) is 25.1 Å². The molecule has 1 N–H and O–H groups in total. The van der Waals surface area contributed by atoms with E-state index in [4.69, 9.17) is 9.47 Å². The third-order valence-corrected chi connectivity index (χ3v) is 3.18. The molecule has 2 aromatic rings. The second kappa shape index (κ2) is 8.20. The smallest absolute Gasteiger partial charge is 0.308 e. The molecule has 0 spiro atoms. The number of hydrogen-bond donors (Lipinski definition) is 1. The molecule has 0 heterocycles. The molecule has 1 atom stereocenters. The number of carbonyl (C=O) groups is 1. The molecule has 0 aliphatic carbocycles. The first-order valence-electron chi connectivity index (χ1n) is 7.30. The van der Waals surface area contributed by atoms with Crippen LogP contribution in [0.4, 0.5) is 0 Å². The van der Waals surface area contributed by atoms with Gasteiger partial charge in [-0.05, 0) is 18.6 Å². The summed E-state index contributed by atoms with van der Waals surface area (Å²) in [5, 5.41) is 10.2. The first-order valence-corrected chi connectivity index (χ1v) is 7.30. The molecule has 116 valence electrons. The summed E-state index contributed by atoms with van der Waals surface area (Å²) >= 11 is 0. The maximum atomic E-state index is 11.5. The number of aliphatic hydroxyl groups excluding tert-OH is 1. The second-order valence-electron chi connectivity index (χ2n) is 4.84. The molecule has 4 heteroatoms. The van der Waals surface area contributed by atoms with Crippen molar-refractivity contribution in [2.45, 2.75) is 26.1 Å². The van der Waals surface area contributed by atoms with Gasteiger partial charge in [0.05, 0.1) is 19.1 Å². The Labute approximate surface area is 130 Å². The summed E-state index contributed by atoms with van der Waals surface area (Å²) < 4.78 is 10.6. The van der Waals surface area contributed by atoms with Crippen LogP contribution in [0.1, 0.15) is 30.6 Å². The van der Waals surface area contributed by atoms with Crippen LogP contribution in [0, 0.1) is 0 Å². The second-order valence-corrected chi connectivity index (χ2v) is 4.84. The largest absolute Gasteiger partial charge is 0.489 e. The molecule has 0 saturated heterocycles. The van der Waals surface area contributed by atoms with Crippen molar-refractivity contribution in [3.8, 4) is 5.75 Å². The number of hydrogen-bond acceptors (Lipinski definition) is 4. The molecule has 0 aliphatic heterocycles. The van der Waals surface area contributed by atoms with Crippen LogP contribution < -0.4 is 4.74 Å². The van der Waals surface area contributed by atoms with Crippen LogP contribution in [0.5, 0.6) is 5.75 Å². The zero-order chi connectivity index (χ0) is 15.8. The highest BCUT2D eigenvalue weighted by atomic mass is 16.5. The molecule has 0 aliphatic rings. The predicted molar refractivity (Wildman–Crippen MR) is 83.4 cm³/mol. The Hall–Kier alpha value is -2.33. The molecule has 0 bridgehead atoms. The fourth-order valence-electron chi connectivity index (χ4n) is 2.11. The quantitative estimate of drug-likeness (QED) is 0.797. The summed E-state index contributed by atoms with van der Waals surface area (Å²) in [5.74, 6) is 0.149. The van der Waals surface area contributed by atoms with Gasteiger partial charge in [0, 0.05) is 5.56 Å². The fraction of sp³-hybridized carbons (Fsp3) is 0.278. The Morgan fingerprint density at radius 1 is 1.09 bits per heavy atom. The van der Waals surface area contributed by atoms with Gasteiger partial charge in [-0.25, -0.2) is 0 Å². The SMILES string of the molecule is CCOC(=O)CC(O)c1ccccc1OCc1ccccc1. The minimum Gasteiger partial charge on any atom is -0.489 e. The maximum absolute atomic E-state index is 11.5. The van der Waals surface area contributed by atoms with Gasteiger partial charge in [-0.15, -0.1) is 0 Å². The number of carbonyl (C=O) groups excluding carboxylic acids is 1. The number of ether oxygens (including phenoxy) is 2. The van der Waals surface area contributed by atoms with Crippen LogP contribution in [0.2, 0.25) is 0 Å². The van der Waals surface area contributed by atoms with Crippen LogP contribution in [-0.2, 0) is 16.1 Å². The minimum atomic E-state index is -0.939. The maximum Gasteiger partial charge on any atom is 0.308 e. The van der Waals surface area contributed by atoms with E-state index < -0.39 is 12.1 Å². The summed E-state index contributed by atoms with van der Waals surface area (Å²) in [4.78, 5) is 11.5. The van der Waals surface area contributed by atoms with Crippen LogP contribution >= 0.6 is 0 Å². The summed E-state index contributed by atoms with van der Waals surface area (Å²) in [6.07, 6.45) is -1.02. The Kier molecular flexibility index (Phi) is 5.98. The number of para-hydroxylation sites is 1. The van der Waals surface area contributed by atoms with Gasteiger partial charge in [0.2, 0.25) is 0 Å². The zero-order valence-electron chi connectivity index (χ0n) is 12.6. The van der Waals surface area contributed by atoms with Crippen LogP contribution in [0.15, 0.2) is 54.6 Å². The van der Waals surface area contributed by atoms with Crippen molar-refractivity contribution in [3.63, 3.8) is 0 Å². The molecule has 1 unspecified atom stereocenters. The number of rotatable bonds is 7. The van der Waals surface area contributed by atoms with Gasteiger partial charge in [0.15, 0.2) is 0 Å². The van der Waals surface area contributed by atoms with Crippen molar-refractivity contribution in [3.05, 3.63) is 65.7 Å². The third kappa shape index (κ3) is 4.60. The summed E-state index contributed by atoms with van der Waals surface area (Å²) in [7, 11) is 0. The first-order chi connectivity index (χ1) is 10.7. The molecule has 0 radical (unpaired) electrons. The molecule has 0 aromatic heterocycles. The zero-order valence-corrected chi connectivity index (χ0v) is 12.6. The Bertz CT molecular complexity index is 595. The average Bonchev–Trinajstić information content (AvgIpc) is 2.54. The molecule has 0 fully saturated rings. The third-order valence-electron chi connectivity index (χ3n) is 3.18. The van der Waals surface area contributed by atoms with Gasteiger partial charge >= 0.3 is 5.97 Å². The van der Waals surface area contributed by atoms with E-state index in [0.717, 1.165) is 5.56 Å². The number of esters is 1. The van der Waals surface area contributed by atoms with E-state index in [-0.39, 0.29) is 6.42 Å². The van der Waals surface area contributed by atoms with Gasteiger partial charge < -0.3 is 14.6 Å². The van der Waals surface area contributed by atoms with E-state index in [1.807, 2.05) is 36.4 Å². The lowest BCUT2D eigenvalue weighted by Crippen LogP contribution is -2.11. The molecule has 2 aromatic carbocycles. The van der Waals surface area contributed by atoms with Gasteiger partial charge in [-0.3, -0.25) is 4.79 Å². The van der Waals surface area contributed by atoms with Crippen molar-refractivity contribution >= 4 is 5.97 Å². The average molecular weight is 300 g/mol. The molecule has 0 amide bonds. The molecule has 22 heavy (non-hydrogen) atoms. The highest BCUT2D eigenvalue weighted by Crippen LogP contribution is 2.28. The fourth-order valence-corrected chi connectivity index (χ4v) is 2.11. The number of benzene rings is 2. The molecule has 2 rings (SSSR count). The Morgan fingerprint density at radius 2 is 1.77 bits per heavy atom. The van der Waals surface area contributed by atoms with Crippen molar-refractivity contribution in [2.24, 2.45) is 0 Å². The van der Waals surface area contributed by atoms with Crippen molar-refractivity contribution in [1.29, 1.82) is 0 Å². The topological polar surface area (TPSA) is 55.8 Å². The predicted octanol–water partition coefficient (Wildman–Crippen LogP) is 3.25. The molecule has 4 nitrogen and oxygen atoms in total. The van der Waals surface area contributed by atoms with Crippen LogP contribution in [-0.4, -0.2) is 17.7 Å². The van der Waals surface area contributed by atoms with Crippen molar-refractivity contribution in [2.75, 3.05) is 6.61 Å². The number of aliphatic hydroxyl groups is 1.